The first-order chi connectivity index (χ1) is 11.3. The van der Waals surface area contributed by atoms with Crippen LogP contribution >= 0.6 is 0 Å². The number of aliphatic hydroxyl groups excluding tert-OH is 2. The Balaban J connectivity index is 2.19. The lowest BCUT2D eigenvalue weighted by Crippen LogP contribution is -2.64. The van der Waals surface area contributed by atoms with Crippen LogP contribution in [-0.2, 0) is 6.54 Å². The van der Waals surface area contributed by atoms with Gasteiger partial charge in [0, 0.05) is 36.8 Å². The van der Waals surface area contributed by atoms with E-state index in [1.54, 1.807) is 0 Å². The van der Waals surface area contributed by atoms with Crippen LogP contribution in [0.15, 0.2) is 30.3 Å². The summed E-state index contributed by atoms with van der Waals surface area (Å²) in [5, 5.41) is 18.7. The molecule has 1 aliphatic heterocycles. The third kappa shape index (κ3) is 4.57. The fourth-order valence-corrected chi connectivity index (χ4v) is 4.45. The molecule has 2 N–H and O–H groups in total. The number of benzene rings is 1. The molecule has 1 fully saturated rings. The van der Waals surface area contributed by atoms with Crippen molar-refractivity contribution in [3.63, 3.8) is 0 Å². The van der Waals surface area contributed by atoms with Gasteiger partial charge in [-0.3, -0.25) is 9.80 Å². The highest BCUT2D eigenvalue weighted by molar-refractivity contribution is 5.16. The van der Waals surface area contributed by atoms with E-state index in [1.165, 1.54) is 5.56 Å². The minimum absolute atomic E-state index is 0.0609. The van der Waals surface area contributed by atoms with E-state index in [-0.39, 0.29) is 24.3 Å². The van der Waals surface area contributed by atoms with E-state index in [4.69, 9.17) is 0 Å². The monoisotopic (exact) mass is 334 g/mol. The van der Waals surface area contributed by atoms with Gasteiger partial charge in [-0.1, -0.05) is 30.3 Å². The Hall–Kier alpha value is -0.940. The molecular formula is C20H34N2O2. The molecule has 0 unspecified atom stereocenters. The van der Waals surface area contributed by atoms with E-state index in [9.17, 15) is 10.2 Å². The molecule has 136 valence electrons. The molecule has 1 aromatic carbocycles. The highest BCUT2D eigenvalue weighted by Crippen LogP contribution is 2.41. The molecule has 1 heterocycles. The molecule has 1 aliphatic rings. The van der Waals surface area contributed by atoms with Crippen LogP contribution in [0.4, 0.5) is 0 Å². The maximum atomic E-state index is 9.37. The quantitative estimate of drug-likeness (QED) is 0.804. The number of hydrogen-bond acceptors (Lipinski definition) is 4. The molecule has 1 saturated heterocycles. The maximum absolute atomic E-state index is 9.37. The van der Waals surface area contributed by atoms with Gasteiger partial charge in [0.15, 0.2) is 0 Å². The molecule has 0 saturated carbocycles. The summed E-state index contributed by atoms with van der Waals surface area (Å²) in [5.41, 5.74) is 1.47. The summed E-state index contributed by atoms with van der Waals surface area (Å²) in [6.07, 6.45) is 2.09. The summed E-state index contributed by atoms with van der Waals surface area (Å²) in [4.78, 5) is 4.87. The van der Waals surface area contributed by atoms with Gasteiger partial charge in [0.1, 0.15) is 0 Å². The van der Waals surface area contributed by atoms with Crippen LogP contribution in [0, 0.1) is 0 Å². The van der Waals surface area contributed by atoms with Crippen molar-refractivity contribution >= 4 is 0 Å². The average molecular weight is 335 g/mol. The highest BCUT2D eigenvalue weighted by Gasteiger charge is 2.46. The topological polar surface area (TPSA) is 46.9 Å². The number of piperidine rings is 1. The first-order valence-corrected chi connectivity index (χ1v) is 9.07. The van der Waals surface area contributed by atoms with Crippen molar-refractivity contribution in [2.75, 3.05) is 26.3 Å². The fourth-order valence-electron chi connectivity index (χ4n) is 4.45. The molecule has 2 rings (SSSR count). The van der Waals surface area contributed by atoms with Crippen LogP contribution in [0.1, 0.15) is 46.1 Å². The lowest BCUT2D eigenvalue weighted by atomic mass is 9.76. The van der Waals surface area contributed by atoms with Gasteiger partial charge in [-0.2, -0.15) is 0 Å². The van der Waals surface area contributed by atoms with Crippen LogP contribution < -0.4 is 0 Å². The van der Waals surface area contributed by atoms with Gasteiger partial charge in [-0.25, -0.2) is 0 Å². The molecule has 4 heteroatoms. The Bertz CT molecular complexity index is 478. The molecule has 0 spiro atoms. The molecule has 0 bridgehead atoms. The van der Waals surface area contributed by atoms with E-state index < -0.39 is 0 Å². The SMILES string of the molecule is CC1(C)CC(N(CCO)CCO)CC(C)(C)N1Cc1ccccc1. The Kier molecular flexibility index (Phi) is 6.43. The lowest BCUT2D eigenvalue weighted by Gasteiger charge is -2.57. The average Bonchev–Trinajstić information content (AvgIpc) is 2.51. The first kappa shape index (κ1) is 19.4. The number of nitrogens with zero attached hydrogens (tertiary/aromatic N) is 2. The third-order valence-electron chi connectivity index (χ3n) is 5.41. The second kappa shape index (κ2) is 7.96. The van der Waals surface area contributed by atoms with Crippen LogP contribution in [0.25, 0.3) is 0 Å². The number of hydrogen-bond donors (Lipinski definition) is 2. The van der Waals surface area contributed by atoms with E-state index in [2.05, 4.69) is 67.8 Å². The van der Waals surface area contributed by atoms with Gasteiger partial charge in [0.05, 0.1) is 13.2 Å². The van der Waals surface area contributed by atoms with E-state index >= 15 is 0 Å². The summed E-state index contributed by atoms with van der Waals surface area (Å²) in [6.45, 7) is 11.8. The number of aliphatic hydroxyl groups is 2. The zero-order chi connectivity index (χ0) is 17.8. The second-order valence-corrected chi connectivity index (χ2v) is 8.24. The summed E-state index contributed by atoms with van der Waals surface area (Å²) < 4.78 is 0. The van der Waals surface area contributed by atoms with E-state index in [0.717, 1.165) is 19.4 Å². The Morgan fingerprint density at radius 3 is 1.92 bits per heavy atom. The standard InChI is InChI=1S/C20H34N2O2/c1-19(2)14-18(21(10-12-23)11-13-24)15-20(3,4)22(19)16-17-8-6-5-7-9-17/h5-9,18,23-24H,10-16H2,1-4H3. The maximum Gasteiger partial charge on any atom is 0.0558 e. The zero-order valence-electron chi connectivity index (χ0n) is 15.7. The van der Waals surface area contributed by atoms with Gasteiger partial charge in [-0.15, -0.1) is 0 Å². The van der Waals surface area contributed by atoms with Crippen molar-refractivity contribution in [3.05, 3.63) is 35.9 Å². The Morgan fingerprint density at radius 2 is 1.46 bits per heavy atom. The molecule has 0 aromatic heterocycles. The van der Waals surface area contributed by atoms with Crippen LogP contribution in [0.3, 0.4) is 0 Å². The normalized spacial score (nSPS) is 21.3. The molecule has 0 atom stereocenters. The second-order valence-electron chi connectivity index (χ2n) is 8.24. The van der Waals surface area contributed by atoms with E-state index in [0.29, 0.717) is 19.1 Å². The molecule has 4 nitrogen and oxygen atoms in total. The lowest BCUT2D eigenvalue weighted by molar-refractivity contribution is -0.0748. The van der Waals surface area contributed by atoms with Gasteiger partial charge in [-0.05, 0) is 46.1 Å². The van der Waals surface area contributed by atoms with Crippen molar-refractivity contribution in [2.45, 2.75) is 64.2 Å². The first-order valence-electron chi connectivity index (χ1n) is 9.07. The van der Waals surface area contributed by atoms with Gasteiger partial charge in [0.25, 0.3) is 0 Å². The van der Waals surface area contributed by atoms with Crippen LogP contribution in [0.5, 0.6) is 0 Å². The molecular weight excluding hydrogens is 300 g/mol. The Labute approximate surface area is 147 Å². The van der Waals surface area contributed by atoms with Gasteiger partial charge in [0.2, 0.25) is 0 Å². The van der Waals surface area contributed by atoms with Crippen LogP contribution in [-0.4, -0.2) is 63.4 Å². The third-order valence-corrected chi connectivity index (χ3v) is 5.41. The van der Waals surface area contributed by atoms with Crippen molar-refractivity contribution in [3.8, 4) is 0 Å². The predicted molar refractivity (Wildman–Crippen MR) is 98.9 cm³/mol. The van der Waals surface area contributed by atoms with Crippen molar-refractivity contribution in [1.82, 2.24) is 9.80 Å². The molecule has 0 aliphatic carbocycles. The number of likely N-dealkylation sites (tertiary alicyclic amines) is 1. The molecule has 24 heavy (non-hydrogen) atoms. The predicted octanol–water partition coefficient (Wildman–Crippen LogP) is 2.49. The smallest absolute Gasteiger partial charge is 0.0558 e. The minimum atomic E-state index is 0.0609. The summed E-state index contributed by atoms with van der Waals surface area (Å²) in [6, 6.07) is 11.1. The Morgan fingerprint density at radius 1 is 0.958 bits per heavy atom. The number of rotatable bonds is 7. The summed E-state index contributed by atoms with van der Waals surface area (Å²) in [7, 11) is 0. The summed E-state index contributed by atoms with van der Waals surface area (Å²) >= 11 is 0. The van der Waals surface area contributed by atoms with Crippen molar-refractivity contribution in [2.24, 2.45) is 0 Å². The highest BCUT2D eigenvalue weighted by atomic mass is 16.3. The zero-order valence-corrected chi connectivity index (χ0v) is 15.7. The van der Waals surface area contributed by atoms with Crippen molar-refractivity contribution in [1.29, 1.82) is 0 Å². The molecule has 0 amide bonds. The van der Waals surface area contributed by atoms with Crippen molar-refractivity contribution < 1.29 is 10.2 Å². The van der Waals surface area contributed by atoms with Gasteiger partial charge < -0.3 is 10.2 Å². The largest absolute Gasteiger partial charge is 0.395 e. The fraction of sp³-hybridized carbons (Fsp3) is 0.700. The summed E-state index contributed by atoms with van der Waals surface area (Å²) in [5.74, 6) is 0. The van der Waals surface area contributed by atoms with Crippen LogP contribution in [0.2, 0.25) is 0 Å². The molecule has 0 radical (unpaired) electrons. The molecule has 1 aromatic rings. The minimum Gasteiger partial charge on any atom is -0.395 e. The van der Waals surface area contributed by atoms with Gasteiger partial charge >= 0.3 is 0 Å². The van der Waals surface area contributed by atoms with E-state index in [1.807, 2.05) is 0 Å².